The number of hydrogen-bond donors (Lipinski definition) is 0. The van der Waals surface area contributed by atoms with Gasteiger partial charge in [0.05, 0.1) is 0 Å². The zero-order chi connectivity index (χ0) is 8.10. The van der Waals surface area contributed by atoms with Gasteiger partial charge in [0.1, 0.15) is 6.33 Å². The number of aryl methyl sites for hydroxylation is 1. The lowest BCUT2D eigenvalue weighted by Crippen LogP contribution is -2.00. The van der Waals surface area contributed by atoms with E-state index < -0.39 is 0 Å². The van der Waals surface area contributed by atoms with Crippen molar-refractivity contribution in [3.05, 3.63) is 18.5 Å². The molecule has 11 heavy (non-hydrogen) atoms. The van der Waals surface area contributed by atoms with Crippen LogP contribution in [0.2, 0.25) is 0 Å². The van der Waals surface area contributed by atoms with Crippen molar-refractivity contribution in [2.45, 2.75) is 13.0 Å². The maximum atomic E-state index is 3.84. The van der Waals surface area contributed by atoms with Gasteiger partial charge < -0.3 is 0 Å². The minimum absolute atomic E-state index is 0.803. The molecule has 0 amide bonds. The lowest BCUT2D eigenvalue weighted by Gasteiger charge is -1.99. The highest BCUT2D eigenvalue weighted by molar-refractivity contribution is 9.09. The van der Waals surface area contributed by atoms with Crippen LogP contribution in [0.4, 0.5) is 0 Å². The van der Waals surface area contributed by atoms with Gasteiger partial charge in [0.2, 0.25) is 0 Å². The first-order valence-corrected chi connectivity index (χ1v) is 4.38. The van der Waals surface area contributed by atoms with Gasteiger partial charge in [0.25, 0.3) is 0 Å². The van der Waals surface area contributed by atoms with E-state index in [2.05, 4.69) is 38.0 Å². The van der Waals surface area contributed by atoms with Crippen molar-refractivity contribution >= 4 is 15.9 Å². The monoisotopic (exact) mass is 216 g/mol. The van der Waals surface area contributed by atoms with E-state index in [-0.39, 0.29) is 0 Å². The molecule has 0 bridgehead atoms. The minimum atomic E-state index is 0.803. The zero-order valence-corrected chi connectivity index (χ0v) is 7.66. The fraction of sp³-hybridized carbons (Fsp3) is 0.500. The summed E-state index contributed by atoms with van der Waals surface area (Å²) in [7, 11) is 0. The molecule has 0 saturated carbocycles. The van der Waals surface area contributed by atoms with Crippen LogP contribution in [0, 0.1) is 0 Å². The Labute approximate surface area is 73.4 Å². The van der Waals surface area contributed by atoms with Crippen molar-refractivity contribution in [3.63, 3.8) is 0 Å². The van der Waals surface area contributed by atoms with E-state index in [1.165, 1.54) is 0 Å². The number of tetrazole rings is 1. The first kappa shape index (κ1) is 8.39. The van der Waals surface area contributed by atoms with Gasteiger partial charge in [-0.15, -0.1) is 5.10 Å². The van der Waals surface area contributed by atoms with Gasteiger partial charge in [-0.3, -0.25) is 0 Å². The fourth-order valence-corrected chi connectivity index (χ4v) is 0.903. The molecular formula is C6H9BrN4. The average Bonchev–Trinajstić information content (AvgIpc) is 2.52. The molecule has 0 aliphatic carbocycles. The van der Waals surface area contributed by atoms with Crippen LogP contribution in [0.25, 0.3) is 0 Å². The molecule has 0 aliphatic rings. The molecular weight excluding hydrogens is 208 g/mol. The zero-order valence-electron chi connectivity index (χ0n) is 6.07. The molecule has 0 radical (unpaired) electrons. The third-order valence-electron chi connectivity index (χ3n) is 1.27. The Morgan fingerprint density at radius 1 is 1.64 bits per heavy atom. The van der Waals surface area contributed by atoms with Gasteiger partial charge in [0, 0.05) is 11.9 Å². The van der Waals surface area contributed by atoms with Gasteiger partial charge >= 0.3 is 0 Å². The number of alkyl halides is 1. The van der Waals surface area contributed by atoms with E-state index in [4.69, 9.17) is 0 Å². The molecule has 4 nitrogen and oxygen atoms in total. The van der Waals surface area contributed by atoms with Crippen LogP contribution in [0.1, 0.15) is 6.42 Å². The summed E-state index contributed by atoms with van der Waals surface area (Å²) in [6.45, 7) is 4.65. The molecule has 0 aliphatic heterocycles. The number of halogens is 1. The highest BCUT2D eigenvalue weighted by Crippen LogP contribution is 2.02. The van der Waals surface area contributed by atoms with Crippen LogP contribution < -0.4 is 0 Å². The van der Waals surface area contributed by atoms with Crippen LogP contribution in [0.5, 0.6) is 0 Å². The summed E-state index contributed by atoms with van der Waals surface area (Å²) in [5.74, 6) is 0. The molecule has 0 N–H and O–H groups in total. The number of allylic oxidation sites excluding steroid dienone is 1. The molecule has 60 valence electrons. The van der Waals surface area contributed by atoms with Crippen molar-refractivity contribution in [2.24, 2.45) is 0 Å². The molecule has 0 unspecified atom stereocenters. The second-order valence-corrected chi connectivity index (χ2v) is 2.77. The Balaban J connectivity index is 2.29. The second kappa shape index (κ2) is 4.23. The Bertz CT molecular complexity index is 218. The molecule has 5 heteroatoms. The molecule has 1 heterocycles. The van der Waals surface area contributed by atoms with Gasteiger partial charge in [0.15, 0.2) is 0 Å². The molecule has 1 aromatic rings. The summed E-state index contributed by atoms with van der Waals surface area (Å²) in [5.41, 5.74) is 1.15. The Kier molecular flexibility index (Phi) is 3.22. The van der Waals surface area contributed by atoms with E-state index in [1.54, 1.807) is 11.0 Å². The highest BCUT2D eigenvalue weighted by atomic mass is 79.9. The number of hydrogen-bond acceptors (Lipinski definition) is 3. The van der Waals surface area contributed by atoms with Crippen LogP contribution in [-0.2, 0) is 6.54 Å². The lowest BCUT2D eigenvalue weighted by molar-refractivity contribution is 0.588. The summed E-state index contributed by atoms with van der Waals surface area (Å²) in [4.78, 5) is 0. The quantitative estimate of drug-likeness (QED) is 0.558. The van der Waals surface area contributed by atoms with Crippen molar-refractivity contribution in [1.29, 1.82) is 0 Å². The fourth-order valence-electron chi connectivity index (χ4n) is 0.622. The van der Waals surface area contributed by atoms with Crippen molar-refractivity contribution < 1.29 is 0 Å². The Hall–Kier alpha value is -0.710. The van der Waals surface area contributed by atoms with E-state index in [0.717, 1.165) is 23.9 Å². The first-order chi connectivity index (χ1) is 5.33. The van der Waals surface area contributed by atoms with Gasteiger partial charge in [-0.25, -0.2) is 4.68 Å². The smallest absolute Gasteiger partial charge is 0.138 e. The molecule has 0 fully saturated rings. The molecule has 1 aromatic heterocycles. The summed E-state index contributed by atoms with van der Waals surface area (Å²) < 4.78 is 1.69. The highest BCUT2D eigenvalue weighted by Gasteiger charge is 1.94. The van der Waals surface area contributed by atoms with Crippen molar-refractivity contribution in [1.82, 2.24) is 20.2 Å². The summed E-state index contributed by atoms with van der Waals surface area (Å²) >= 11 is 3.32. The molecule has 0 saturated heterocycles. The number of nitrogens with zero attached hydrogens (tertiary/aromatic N) is 4. The van der Waals surface area contributed by atoms with Gasteiger partial charge in [-0.1, -0.05) is 28.1 Å². The van der Waals surface area contributed by atoms with E-state index in [1.807, 2.05) is 0 Å². The van der Waals surface area contributed by atoms with Crippen LogP contribution in [0.3, 0.4) is 0 Å². The largest absolute Gasteiger partial charge is 0.232 e. The predicted octanol–water partition coefficient (Wildman–Crippen LogP) is 1.01. The van der Waals surface area contributed by atoms with Gasteiger partial charge in [-0.05, 0) is 16.8 Å². The molecule has 1 rings (SSSR count). The Morgan fingerprint density at radius 3 is 3.00 bits per heavy atom. The van der Waals surface area contributed by atoms with E-state index in [0.29, 0.717) is 0 Å². The third kappa shape index (κ3) is 2.80. The van der Waals surface area contributed by atoms with Crippen LogP contribution >= 0.6 is 15.9 Å². The first-order valence-electron chi connectivity index (χ1n) is 3.26. The number of rotatable bonds is 4. The predicted molar refractivity (Wildman–Crippen MR) is 45.4 cm³/mol. The second-order valence-electron chi connectivity index (χ2n) is 2.21. The normalized spacial score (nSPS) is 9.91. The van der Waals surface area contributed by atoms with Crippen LogP contribution in [-0.4, -0.2) is 25.5 Å². The topological polar surface area (TPSA) is 43.6 Å². The van der Waals surface area contributed by atoms with Crippen molar-refractivity contribution in [3.8, 4) is 0 Å². The lowest BCUT2D eigenvalue weighted by atomic mass is 10.2. The third-order valence-corrected chi connectivity index (χ3v) is 2.07. The number of aromatic nitrogens is 4. The SMILES string of the molecule is C=C(CBr)CCn1cnnn1. The average molecular weight is 217 g/mol. The van der Waals surface area contributed by atoms with Gasteiger partial charge in [-0.2, -0.15) is 0 Å². The summed E-state index contributed by atoms with van der Waals surface area (Å²) in [5, 5.41) is 11.6. The molecule has 0 atom stereocenters. The Morgan fingerprint density at radius 2 is 2.45 bits per heavy atom. The standard InChI is InChI=1S/C6H9BrN4/c1-6(4-7)2-3-11-5-8-9-10-11/h5H,1-4H2. The van der Waals surface area contributed by atoms with Crippen LogP contribution in [0.15, 0.2) is 18.5 Å². The summed E-state index contributed by atoms with van der Waals surface area (Å²) in [6.07, 6.45) is 2.51. The molecule has 0 spiro atoms. The van der Waals surface area contributed by atoms with Crippen molar-refractivity contribution in [2.75, 3.05) is 5.33 Å². The maximum absolute atomic E-state index is 3.84. The van der Waals surface area contributed by atoms with E-state index >= 15 is 0 Å². The van der Waals surface area contributed by atoms with E-state index in [9.17, 15) is 0 Å². The molecule has 0 aromatic carbocycles. The summed E-state index contributed by atoms with van der Waals surface area (Å²) in [6, 6.07) is 0. The maximum Gasteiger partial charge on any atom is 0.138 e. The minimum Gasteiger partial charge on any atom is -0.232 e.